The number of benzene rings is 1. The van der Waals surface area contributed by atoms with Crippen molar-refractivity contribution in [2.45, 2.75) is 37.3 Å². The van der Waals surface area contributed by atoms with Crippen LogP contribution in [-0.2, 0) is 6.42 Å². The van der Waals surface area contributed by atoms with Crippen LogP contribution >= 0.6 is 11.8 Å². The predicted octanol–water partition coefficient (Wildman–Crippen LogP) is 4.70. The van der Waals surface area contributed by atoms with Crippen LogP contribution in [0.3, 0.4) is 0 Å². The van der Waals surface area contributed by atoms with Gasteiger partial charge in [-0.1, -0.05) is 13.3 Å². The zero-order chi connectivity index (χ0) is 15.2. The summed E-state index contributed by atoms with van der Waals surface area (Å²) in [6.45, 7) is 2.05. The van der Waals surface area contributed by atoms with Crippen molar-refractivity contribution in [2.24, 2.45) is 0 Å². The third-order valence-corrected chi connectivity index (χ3v) is 3.77. The van der Waals surface area contributed by atoms with E-state index in [-0.39, 0.29) is 5.75 Å². The van der Waals surface area contributed by atoms with E-state index in [9.17, 15) is 13.2 Å². The summed E-state index contributed by atoms with van der Waals surface area (Å²) in [5.41, 5.74) is 1.01. The molecule has 0 aliphatic carbocycles. The van der Waals surface area contributed by atoms with Gasteiger partial charge in [0.05, 0.1) is 25.5 Å². The van der Waals surface area contributed by atoms with E-state index in [4.69, 9.17) is 9.47 Å². The lowest BCUT2D eigenvalue weighted by Gasteiger charge is -2.14. The molecule has 1 rings (SSSR count). The molecule has 0 radical (unpaired) electrons. The van der Waals surface area contributed by atoms with Gasteiger partial charge in [-0.05, 0) is 24.1 Å². The Hall–Kier alpha value is -1.04. The van der Waals surface area contributed by atoms with Crippen LogP contribution in [0.25, 0.3) is 0 Å². The molecule has 2 nitrogen and oxygen atoms in total. The van der Waals surface area contributed by atoms with Crippen molar-refractivity contribution in [3.63, 3.8) is 0 Å². The van der Waals surface area contributed by atoms with Gasteiger partial charge in [-0.15, -0.1) is 11.8 Å². The molecule has 0 fully saturated rings. The summed E-state index contributed by atoms with van der Waals surface area (Å²) in [6.07, 6.45) is -3.15. The molecule has 1 aromatic carbocycles. The molecule has 0 saturated heterocycles. The van der Waals surface area contributed by atoms with Crippen LogP contribution in [0.5, 0.6) is 11.5 Å². The largest absolute Gasteiger partial charge is 0.496 e. The zero-order valence-corrected chi connectivity index (χ0v) is 12.7. The number of hydrogen-bond donors (Lipinski definition) is 0. The Morgan fingerprint density at radius 3 is 2.25 bits per heavy atom. The van der Waals surface area contributed by atoms with Crippen molar-refractivity contribution in [3.05, 3.63) is 17.7 Å². The van der Waals surface area contributed by atoms with Gasteiger partial charge in [-0.2, -0.15) is 13.2 Å². The second-order valence-electron chi connectivity index (χ2n) is 4.28. The van der Waals surface area contributed by atoms with Gasteiger partial charge < -0.3 is 9.47 Å². The Balaban J connectivity index is 2.88. The molecule has 0 atom stereocenters. The number of halogens is 3. The minimum Gasteiger partial charge on any atom is -0.496 e. The van der Waals surface area contributed by atoms with Crippen LogP contribution in [-0.4, -0.2) is 26.1 Å². The van der Waals surface area contributed by atoms with Gasteiger partial charge in [0, 0.05) is 5.75 Å². The van der Waals surface area contributed by atoms with Gasteiger partial charge in [-0.25, -0.2) is 0 Å². The third kappa shape index (κ3) is 5.15. The Labute approximate surface area is 121 Å². The number of ether oxygens (including phenoxy) is 2. The second-order valence-corrected chi connectivity index (χ2v) is 5.42. The Morgan fingerprint density at radius 1 is 1.10 bits per heavy atom. The summed E-state index contributed by atoms with van der Waals surface area (Å²) >= 11 is 1.13. The second kappa shape index (κ2) is 7.67. The molecule has 20 heavy (non-hydrogen) atoms. The van der Waals surface area contributed by atoms with E-state index in [0.717, 1.165) is 30.2 Å². The maximum absolute atomic E-state index is 12.2. The van der Waals surface area contributed by atoms with Crippen molar-refractivity contribution in [1.29, 1.82) is 0 Å². The first-order valence-corrected chi connectivity index (χ1v) is 7.34. The highest BCUT2D eigenvalue weighted by Crippen LogP contribution is 2.37. The Bertz CT molecular complexity index is 433. The SMILES string of the molecule is CCCc1cc(OC)c(SCCC(F)(F)F)cc1OC. The summed E-state index contributed by atoms with van der Waals surface area (Å²) in [5.74, 6) is 1.26. The molecule has 0 unspecified atom stereocenters. The van der Waals surface area contributed by atoms with E-state index in [1.165, 1.54) is 7.11 Å². The number of alkyl halides is 3. The minimum atomic E-state index is -4.13. The van der Waals surface area contributed by atoms with Crippen molar-refractivity contribution >= 4 is 11.8 Å². The first-order chi connectivity index (χ1) is 9.41. The summed E-state index contributed by atoms with van der Waals surface area (Å²) in [4.78, 5) is 0.674. The fourth-order valence-corrected chi connectivity index (χ4v) is 2.82. The fraction of sp³-hybridized carbons (Fsp3) is 0.571. The molecule has 114 valence electrons. The maximum atomic E-state index is 12.2. The van der Waals surface area contributed by atoms with E-state index < -0.39 is 12.6 Å². The van der Waals surface area contributed by atoms with E-state index >= 15 is 0 Å². The average molecular weight is 308 g/mol. The zero-order valence-electron chi connectivity index (χ0n) is 11.8. The van der Waals surface area contributed by atoms with Crippen molar-refractivity contribution in [1.82, 2.24) is 0 Å². The van der Waals surface area contributed by atoms with Crippen LogP contribution in [0.15, 0.2) is 17.0 Å². The number of methoxy groups -OCH3 is 2. The molecule has 0 saturated carbocycles. The monoisotopic (exact) mass is 308 g/mol. The van der Waals surface area contributed by atoms with Gasteiger partial charge in [-0.3, -0.25) is 0 Å². The van der Waals surface area contributed by atoms with E-state index in [2.05, 4.69) is 6.92 Å². The van der Waals surface area contributed by atoms with Crippen molar-refractivity contribution in [2.75, 3.05) is 20.0 Å². The van der Waals surface area contributed by atoms with Crippen LogP contribution in [0.1, 0.15) is 25.3 Å². The lowest BCUT2D eigenvalue weighted by Crippen LogP contribution is -2.08. The van der Waals surface area contributed by atoms with E-state index in [0.29, 0.717) is 16.4 Å². The number of rotatable bonds is 7. The number of thioether (sulfide) groups is 1. The summed E-state index contributed by atoms with van der Waals surface area (Å²) < 4.78 is 47.1. The molecule has 0 heterocycles. The lowest BCUT2D eigenvalue weighted by molar-refractivity contribution is -0.129. The molecule has 0 N–H and O–H groups in total. The van der Waals surface area contributed by atoms with Crippen LogP contribution < -0.4 is 9.47 Å². The van der Waals surface area contributed by atoms with Gasteiger partial charge in [0.25, 0.3) is 0 Å². The van der Waals surface area contributed by atoms with Crippen LogP contribution in [0, 0.1) is 0 Å². The van der Waals surface area contributed by atoms with Gasteiger partial charge in [0.2, 0.25) is 0 Å². The minimum absolute atomic E-state index is 0.0316. The first kappa shape index (κ1) is 17.0. The molecule has 0 aromatic heterocycles. The summed E-state index contributed by atoms with van der Waals surface area (Å²) in [5, 5.41) is 0. The molecular formula is C14H19F3O2S. The third-order valence-electron chi connectivity index (χ3n) is 2.73. The predicted molar refractivity (Wildman–Crippen MR) is 74.9 cm³/mol. The van der Waals surface area contributed by atoms with Crippen molar-refractivity contribution < 1.29 is 22.6 Å². The summed E-state index contributed by atoms with van der Waals surface area (Å²) in [6, 6.07) is 3.60. The quantitative estimate of drug-likeness (QED) is 0.680. The van der Waals surface area contributed by atoms with Gasteiger partial charge in [0.1, 0.15) is 11.5 Å². The molecule has 0 bridgehead atoms. The van der Waals surface area contributed by atoms with Crippen molar-refractivity contribution in [3.8, 4) is 11.5 Å². The highest BCUT2D eigenvalue weighted by atomic mass is 32.2. The van der Waals surface area contributed by atoms with E-state index in [1.54, 1.807) is 13.2 Å². The molecule has 6 heteroatoms. The molecule has 0 aliphatic rings. The Morgan fingerprint density at radius 2 is 1.75 bits per heavy atom. The topological polar surface area (TPSA) is 18.5 Å². The molecule has 1 aromatic rings. The van der Waals surface area contributed by atoms with Gasteiger partial charge in [0.15, 0.2) is 0 Å². The molecule has 0 aliphatic heterocycles. The fourth-order valence-electron chi connectivity index (χ4n) is 1.79. The highest BCUT2D eigenvalue weighted by molar-refractivity contribution is 7.99. The molecule has 0 spiro atoms. The standard InChI is InChI=1S/C14H19F3O2S/c1-4-5-10-8-12(19-3)13(9-11(10)18-2)20-7-6-14(15,16)17/h8-9H,4-7H2,1-3H3. The van der Waals surface area contributed by atoms with Crippen LogP contribution in [0.4, 0.5) is 13.2 Å². The summed E-state index contributed by atoms with van der Waals surface area (Å²) in [7, 11) is 3.08. The molecular weight excluding hydrogens is 289 g/mol. The number of hydrogen-bond acceptors (Lipinski definition) is 3. The number of aryl methyl sites for hydroxylation is 1. The highest BCUT2D eigenvalue weighted by Gasteiger charge is 2.26. The first-order valence-electron chi connectivity index (χ1n) is 6.35. The normalized spacial score (nSPS) is 11.5. The van der Waals surface area contributed by atoms with Gasteiger partial charge >= 0.3 is 6.18 Å². The lowest BCUT2D eigenvalue weighted by atomic mass is 10.1. The van der Waals surface area contributed by atoms with Crippen LogP contribution in [0.2, 0.25) is 0 Å². The maximum Gasteiger partial charge on any atom is 0.389 e. The van der Waals surface area contributed by atoms with E-state index in [1.807, 2.05) is 6.07 Å². The Kier molecular flexibility index (Phi) is 6.52. The average Bonchev–Trinajstić information content (AvgIpc) is 2.38. The smallest absolute Gasteiger partial charge is 0.389 e. The molecule has 0 amide bonds.